The minimum atomic E-state index is 0.342. The maximum atomic E-state index is 5.47. The van der Waals surface area contributed by atoms with Crippen molar-refractivity contribution in [2.75, 3.05) is 26.9 Å². The van der Waals surface area contributed by atoms with Crippen LogP contribution in [0.25, 0.3) is 0 Å². The van der Waals surface area contributed by atoms with E-state index in [2.05, 4.69) is 50.2 Å². The summed E-state index contributed by atoms with van der Waals surface area (Å²) in [6, 6.07) is 4.10. The maximum Gasteiger partial charge on any atom is 0.137 e. The van der Waals surface area contributed by atoms with Crippen molar-refractivity contribution in [1.82, 2.24) is 5.32 Å². The van der Waals surface area contributed by atoms with Gasteiger partial charge in [-0.1, -0.05) is 22.9 Å². The number of hydrogen-bond acceptors (Lipinski definition) is 3. The normalized spacial score (nSPS) is 18.0. The van der Waals surface area contributed by atoms with Crippen molar-refractivity contribution < 1.29 is 9.47 Å². The van der Waals surface area contributed by atoms with Crippen molar-refractivity contribution in [3.63, 3.8) is 0 Å². The van der Waals surface area contributed by atoms with E-state index < -0.39 is 0 Å². The Morgan fingerprint density at radius 3 is 2.65 bits per heavy atom. The molecule has 1 N–H and O–H groups in total. The molecular weight excluding hydrogens is 386 g/mol. The second-order valence-electron chi connectivity index (χ2n) is 5.61. The molecule has 0 atom stereocenters. The Labute approximate surface area is 137 Å². The number of halogens is 2. The third-order valence-corrected chi connectivity index (χ3v) is 4.90. The van der Waals surface area contributed by atoms with Crippen LogP contribution in [0.1, 0.15) is 25.3 Å². The molecule has 5 heteroatoms. The molecule has 1 aromatic carbocycles. The van der Waals surface area contributed by atoms with Gasteiger partial charge in [-0.05, 0) is 46.3 Å². The summed E-state index contributed by atoms with van der Waals surface area (Å²) in [7, 11) is 1.71. The molecule has 2 rings (SSSR count). The van der Waals surface area contributed by atoms with E-state index in [1.807, 2.05) is 6.07 Å². The fourth-order valence-electron chi connectivity index (χ4n) is 2.51. The molecule has 1 heterocycles. The van der Waals surface area contributed by atoms with Gasteiger partial charge in [-0.2, -0.15) is 0 Å². The van der Waals surface area contributed by atoms with E-state index in [4.69, 9.17) is 9.47 Å². The highest BCUT2D eigenvalue weighted by Crippen LogP contribution is 2.33. The van der Waals surface area contributed by atoms with Crippen molar-refractivity contribution in [3.05, 3.63) is 26.6 Å². The van der Waals surface area contributed by atoms with Gasteiger partial charge in [0.1, 0.15) is 5.75 Å². The Morgan fingerprint density at radius 2 is 2.00 bits per heavy atom. The highest BCUT2D eigenvalue weighted by atomic mass is 79.9. The molecule has 1 aliphatic heterocycles. The van der Waals surface area contributed by atoms with Gasteiger partial charge in [0, 0.05) is 36.3 Å². The van der Waals surface area contributed by atoms with Gasteiger partial charge in [-0.3, -0.25) is 0 Å². The molecule has 0 aromatic heterocycles. The smallest absolute Gasteiger partial charge is 0.137 e. The van der Waals surface area contributed by atoms with Gasteiger partial charge in [0.15, 0.2) is 0 Å². The highest BCUT2D eigenvalue weighted by molar-refractivity contribution is 9.11. The standard InChI is InChI=1S/C15H21Br2NO2/c1-15(3-5-20-6-4-15)10-18-9-11-7-12(16)8-13(17)14(11)19-2/h7-8,18H,3-6,9-10H2,1-2H3. The van der Waals surface area contributed by atoms with E-state index >= 15 is 0 Å². The third kappa shape index (κ3) is 4.20. The van der Waals surface area contributed by atoms with E-state index in [1.54, 1.807) is 7.11 Å². The van der Waals surface area contributed by atoms with E-state index in [0.717, 1.165) is 59.4 Å². The molecule has 0 radical (unpaired) electrons. The average Bonchev–Trinajstić information content (AvgIpc) is 2.39. The van der Waals surface area contributed by atoms with Gasteiger partial charge in [0.2, 0.25) is 0 Å². The van der Waals surface area contributed by atoms with Crippen LogP contribution in [-0.4, -0.2) is 26.9 Å². The Bertz CT molecular complexity index is 459. The summed E-state index contributed by atoms with van der Waals surface area (Å²) in [6.07, 6.45) is 2.25. The number of methoxy groups -OCH3 is 1. The Kier molecular flexibility index (Phi) is 5.90. The first-order valence-corrected chi connectivity index (χ1v) is 8.43. The molecule has 0 saturated carbocycles. The molecule has 112 valence electrons. The number of nitrogens with one attached hydrogen (secondary N) is 1. The number of ether oxygens (including phenoxy) is 2. The monoisotopic (exact) mass is 405 g/mol. The number of benzene rings is 1. The molecule has 1 aromatic rings. The first kappa shape index (κ1) is 16.3. The van der Waals surface area contributed by atoms with E-state index in [-0.39, 0.29) is 0 Å². The van der Waals surface area contributed by atoms with Crippen LogP contribution in [0.3, 0.4) is 0 Å². The van der Waals surface area contributed by atoms with Crippen molar-refractivity contribution >= 4 is 31.9 Å². The van der Waals surface area contributed by atoms with Crippen LogP contribution < -0.4 is 10.1 Å². The number of rotatable bonds is 5. The van der Waals surface area contributed by atoms with E-state index in [9.17, 15) is 0 Å². The van der Waals surface area contributed by atoms with Gasteiger partial charge in [-0.15, -0.1) is 0 Å². The molecule has 20 heavy (non-hydrogen) atoms. The molecule has 1 saturated heterocycles. The van der Waals surface area contributed by atoms with Gasteiger partial charge >= 0.3 is 0 Å². The van der Waals surface area contributed by atoms with Crippen LogP contribution >= 0.6 is 31.9 Å². The maximum absolute atomic E-state index is 5.47. The summed E-state index contributed by atoms with van der Waals surface area (Å²) >= 11 is 7.06. The number of hydrogen-bond donors (Lipinski definition) is 1. The van der Waals surface area contributed by atoms with Crippen molar-refractivity contribution in [3.8, 4) is 5.75 Å². The SMILES string of the molecule is COc1c(Br)cc(Br)cc1CNCC1(C)CCOCC1. The summed E-state index contributed by atoms with van der Waals surface area (Å²) in [6.45, 7) is 5.89. The lowest BCUT2D eigenvalue weighted by Gasteiger charge is -2.33. The van der Waals surface area contributed by atoms with Crippen LogP contribution in [0.2, 0.25) is 0 Å². The summed E-state index contributed by atoms with van der Waals surface area (Å²) in [5.74, 6) is 0.901. The zero-order valence-electron chi connectivity index (χ0n) is 12.0. The summed E-state index contributed by atoms with van der Waals surface area (Å²) < 4.78 is 12.9. The minimum absolute atomic E-state index is 0.342. The predicted octanol–water partition coefficient (Wildman–Crippen LogP) is 4.13. The molecule has 0 unspecified atom stereocenters. The summed E-state index contributed by atoms with van der Waals surface area (Å²) in [4.78, 5) is 0. The molecule has 1 aliphatic rings. The molecule has 0 spiro atoms. The third-order valence-electron chi connectivity index (χ3n) is 3.86. The quantitative estimate of drug-likeness (QED) is 0.797. The highest BCUT2D eigenvalue weighted by Gasteiger charge is 2.26. The fraction of sp³-hybridized carbons (Fsp3) is 0.600. The summed E-state index contributed by atoms with van der Waals surface area (Å²) in [5, 5.41) is 3.56. The first-order chi connectivity index (χ1) is 9.54. The van der Waals surface area contributed by atoms with Crippen LogP contribution in [0.15, 0.2) is 21.1 Å². The van der Waals surface area contributed by atoms with Crippen LogP contribution in [0.4, 0.5) is 0 Å². The molecule has 0 amide bonds. The molecule has 3 nitrogen and oxygen atoms in total. The van der Waals surface area contributed by atoms with Gasteiger partial charge in [-0.25, -0.2) is 0 Å². The molecular formula is C15H21Br2NO2. The fourth-order valence-corrected chi connectivity index (χ4v) is 3.99. The summed E-state index contributed by atoms with van der Waals surface area (Å²) in [5.41, 5.74) is 1.50. The van der Waals surface area contributed by atoms with Crippen LogP contribution in [0, 0.1) is 5.41 Å². The Hall–Kier alpha value is -0.100. The first-order valence-electron chi connectivity index (χ1n) is 6.84. The van der Waals surface area contributed by atoms with Crippen LogP contribution in [0.5, 0.6) is 5.75 Å². The lowest BCUT2D eigenvalue weighted by atomic mass is 9.82. The Morgan fingerprint density at radius 1 is 1.30 bits per heavy atom. The lowest BCUT2D eigenvalue weighted by molar-refractivity contribution is 0.0240. The minimum Gasteiger partial charge on any atom is -0.495 e. The van der Waals surface area contributed by atoms with Gasteiger partial charge in [0.05, 0.1) is 11.6 Å². The van der Waals surface area contributed by atoms with Crippen molar-refractivity contribution in [2.45, 2.75) is 26.3 Å². The van der Waals surface area contributed by atoms with Crippen LogP contribution in [-0.2, 0) is 11.3 Å². The van der Waals surface area contributed by atoms with Gasteiger partial charge < -0.3 is 14.8 Å². The van der Waals surface area contributed by atoms with E-state index in [1.165, 1.54) is 0 Å². The zero-order valence-corrected chi connectivity index (χ0v) is 15.1. The molecule has 0 bridgehead atoms. The van der Waals surface area contributed by atoms with Gasteiger partial charge in [0.25, 0.3) is 0 Å². The van der Waals surface area contributed by atoms with Crippen molar-refractivity contribution in [2.24, 2.45) is 5.41 Å². The lowest BCUT2D eigenvalue weighted by Crippen LogP contribution is -2.36. The second-order valence-corrected chi connectivity index (χ2v) is 7.38. The topological polar surface area (TPSA) is 30.5 Å². The van der Waals surface area contributed by atoms with E-state index in [0.29, 0.717) is 5.41 Å². The largest absolute Gasteiger partial charge is 0.495 e. The zero-order chi connectivity index (χ0) is 14.6. The Balaban J connectivity index is 1.97. The van der Waals surface area contributed by atoms with Crippen molar-refractivity contribution in [1.29, 1.82) is 0 Å². The predicted molar refractivity (Wildman–Crippen MR) is 88.3 cm³/mol. The second kappa shape index (κ2) is 7.25. The molecule has 1 fully saturated rings. The molecule has 0 aliphatic carbocycles. The average molecular weight is 407 g/mol.